The van der Waals surface area contributed by atoms with Crippen molar-refractivity contribution >= 4 is 5.91 Å². The second kappa shape index (κ2) is 11.1. The summed E-state index contributed by atoms with van der Waals surface area (Å²) in [5, 5.41) is 4.50. The van der Waals surface area contributed by atoms with Gasteiger partial charge in [0.05, 0.1) is 6.54 Å². The van der Waals surface area contributed by atoms with Gasteiger partial charge in [-0.05, 0) is 54.5 Å². The van der Waals surface area contributed by atoms with Crippen LogP contribution in [0.2, 0.25) is 0 Å². The standard InChI is InChI=1S/C32H32FN3O2/c1-22-20-35(21-24-11-5-3-6-12-24)34-30(31(22)37)32(38)36-18-10-17-28(36)23(2)29(25-13-7-4-8-14-25)26-15-9-16-27(33)19-26/h3-9,11-16,19-20,23,28-29H,10,17-18,21H2,1-2H3/t23-,28-,29+/m0/s1. The molecule has 0 bridgehead atoms. The molecule has 1 saturated heterocycles. The van der Waals surface area contributed by atoms with Crippen molar-refractivity contribution in [1.29, 1.82) is 0 Å². The van der Waals surface area contributed by atoms with Crippen LogP contribution in [0.25, 0.3) is 0 Å². The predicted molar refractivity (Wildman–Crippen MR) is 147 cm³/mol. The van der Waals surface area contributed by atoms with Crippen molar-refractivity contribution in [2.24, 2.45) is 5.92 Å². The molecule has 0 spiro atoms. The molecule has 0 N–H and O–H groups in total. The molecule has 3 aromatic carbocycles. The molecule has 5 rings (SSSR count). The molecule has 1 amide bonds. The van der Waals surface area contributed by atoms with Gasteiger partial charge in [0.2, 0.25) is 5.43 Å². The fraction of sp³-hybridized carbons (Fsp3) is 0.281. The van der Waals surface area contributed by atoms with Crippen LogP contribution in [-0.4, -0.2) is 33.2 Å². The van der Waals surface area contributed by atoms with Crippen molar-refractivity contribution in [2.45, 2.75) is 45.2 Å². The number of benzene rings is 3. The molecule has 1 aromatic heterocycles. The normalized spacial score (nSPS) is 16.8. The number of nitrogens with zero attached hydrogens (tertiary/aromatic N) is 3. The Hall–Kier alpha value is -4.06. The summed E-state index contributed by atoms with van der Waals surface area (Å²) in [4.78, 5) is 28.8. The molecule has 0 aliphatic carbocycles. The quantitative estimate of drug-likeness (QED) is 0.316. The van der Waals surface area contributed by atoms with Gasteiger partial charge in [0.1, 0.15) is 5.82 Å². The Kier molecular flexibility index (Phi) is 7.50. The first-order valence-electron chi connectivity index (χ1n) is 13.2. The van der Waals surface area contributed by atoms with Gasteiger partial charge >= 0.3 is 0 Å². The summed E-state index contributed by atoms with van der Waals surface area (Å²) in [7, 11) is 0. The molecular formula is C32H32FN3O2. The van der Waals surface area contributed by atoms with Crippen LogP contribution in [0.15, 0.2) is 95.9 Å². The van der Waals surface area contributed by atoms with E-state index in [1.807, 2.05) is 59.5 Å². The molecule has 194 valence electrons. The Morgan fingerprint density at radius 1 is 1.00 bits per heavy atom. The fourth-order valence-corrected chi connectivity index (χ4v) is 5.77. The second-order valence-electron chi connectivity index (χ2n) is 10.2. The molecule has 1 aliphatic heterocycles. The third-order valence-electron chi connectivity index (χ3n) is 7.59. The summed E-state index contributed by atoms with van der Waals surface area (Å²) >= 11 is 0. The summed E-state index contributed by atoms with van der Waals surface area (Å²) in [6, 6.07) is 26.5. The van der Waals surface area contributed by atoms with Gasteiger partial charge in [-0.15, -0.1) is 0 Å². The van der Waals surface area contributed by atoms with Crippen molar-refractivity contribution in [3.63, 3.8) is 0 Å². The van der Waals surface area contributed by atoms with Gasteiger partial charge in [0, 0.05) is 30.3 Å². The van der Waals surface area contributed by atoms with Crippen molar-refractivity contribution in [3.05, 3.63) is 135 Å². The Labute approximate surface area is 222 Å². The zero-order valence-electron chi connectivity index (χ0n) is 21.8. The minimum Gasteiger partial charge on any atom is -0.334 e. The summed E-state index contributed by atoms with van der Waals surface area (Å²) in [6.07, 6.45) is 3.36. The van der Waals surface area contributed by atoms with E-state index in [1.54, 1.807) is 29.9 Å². The van der Waals surface area contributed by atoms with Crippen LogP contribution < -0.4 is 5.43 Å². The molecule has 0 saturated carbocycles. The highest BCUT2D eigenvalue weighted by Gasteiger charge is 2.39. The molecule has 1 fully saturated rings. The number of likely N-dealkylation sites (tertiary alicyclic amines) is 1. The maximum absolute atomic E-state index is 14.3. The van der Waals surface area contributed by atoms with Crippen molar-refractivity contribution < 1.29 is 9.18 Å². The van der Waals surface area contributed by atoms with Crippen LogP contribution in [0.1, 0.15) is 58.4 Å². The molecule has 2 heterocycles. The number of amides is 1. The number of aromatic nitrogens is 2. The zero-order chi connectivity index (χ0) is 26.6. The average molecular weight is 510 g/mol. The average Bonchev–Trinajstić information content (AvgIpc) is 3.42. The maximum atomic E-state index is 14.3. The first-order valence-corrected chi connectivity index (χ1v) is 13.2. The highest BCUT2D eigenvalue weighted by atomic mass is 19.1. The van der Waals surface area contributed by atoms with Gasteiger partial charge in [-0.3, -0.25) is 14.3 Å². The van der Waals surface area contributed by atoms with Crippen LogP contribution in [0.3, 0.4) is 0 Å². The Morgan fingerprint density at radius 2 is 1.68 bits per heavy atom. The molecule has 0 unspecified atom stereocenters. The van der Waals surface area contributed by atoms with Gasteiger partial charge in [-0.1, -0.05) is 79.7 Å². The summed E-state index contributed by atoms with van der Waals surface area (Å²) in [6.45, 7) is 4.88. The first kappa shape index (κ1) is 25.6. The molecule has 6 heteroatoms. The van der Waals surface area contributed by atoms with E-state index in [2.05, 4.69) is 24.2 Å². The molecule has 38 heavy (non-hydrogen) atoms. The lowest BCUT2D eigenvalue weighted by Gasteiger charge is -2.35. The first-order chi connectivity index (χ1) is 18.4. The molecule has 1 aliphatic rings. The van der Waals surface area contributed by atoms with Crippen molar-refractivity contribution in [3.8, 4) is 0 Å². The largest absolute Gasteiger partial charge is 0.334 e. The van der Waals surface area contributed by atoms with E-state index in [0.717, 1.165) is 29.5 Å². The third-order valence-corrected chi connectivity index (χ3v) is 7.59. The predicted octanol–water partition coefficient (Wildman–Crippen LogP) is 5.81. The van der Waals surface area contributed by atoms with Crippen molar-refractivity contribution in [1.82, 2.24) is 14.7 Å². The summed E-state index contributed by atoms with van der Waals surface area (Å²) in [5.41, 5.74) is 3.11. The highest BCUT2D eigenvalue weighted by molar-refractivity contribution is 5.92. The van der Waals surface area contributed by atoms with Crippen LogP contribution in [0.5, 0.6) is 0 Å². The van der Waals surface area contributed by atoms with Crippen LogP contribution in [-0.2, 0) is 6.54 Å². The van der Waals surface area contributed by atoms with Gasteiger partial charge in [-0.2, -0.15) is 5.10 Å². The van der Waals surface area contributed by atoms with E-state index in [0.29, 0.717) is 18.7 Å². The zero-order valence-corrected chi connectivity index (χ0v) is 21.8. The van der Waals surface area contributed by atoms with Crippen molar-refractivity contribution in [2.75, 3.05) is 6.54 Å². The highest BCUT2D eigenvalue weighted by Crippen LogP contribution is 2.39. The van der Waals surface area contributed by atoms with Crippen LogP contribution >= 0.6 is 0 Å². The van der Waals surface area contributed by atoms with Crippen LogP contribution in [0, 0.1) is 18.7 Å². The van der Waals surface area contributed by atoms with Gasteiger partial charge in [0.25, 0.3) is 5.91 Å². The lowest BCUT2D eigenvalue weighted by Crippen LogP contribution is -2.44. The number of carbonyl (C=O) groups is 1. The Bertz CT molecular complexity index is 1470. The molecule has 3 atom stereocenters. The third kappa shape index (κ3) is 5.30. The van der Waals surface area contributed by atoms with E-state index in [1.165, 1.54) is 6.07 Å². The summed E-state index contributed by atoms with van der Waals surface area (Å²) in [5.74, 6) is -0.730. The van der Waals surface area contributed by atoms with Crippen LogP contribution in [0.4, 0.5) is 4.39 Å². The minimum atomic E-state index is -0.332. The van der Waals surface area contributed by atoms with Gasteiger partial charge in [-0.25, -0.2) is 4.39 Å². The van der Waals surface area contributed by atoms with E-state index in [9.17, 15) is 14.0 Å². The Balaban J connectivity index is 1.47. The molecular weight excluding hydrogens is 477 g/mol. The number of rotatable bonds is 7. The van der Waals surface area contributed by atoms with E-state index < -0.39 is 0 Å². The van der Waals surface area contributed by atoms with Gasteiger partial charge in [0.15, 0.2) is 5.69 Å². The van der Waals surface area contributed by atoms with Gasteiger partial charge < -0.3 is 4.90 Å². The SMILES string of the molecule is Cc1cn(Cc2ccccc2)nc(C(=O)N2CCC[C@H]2[C@H](C)[C@H](c2ccccc2)c2cccc(F)c2)c1=O. The van der Waals surface area contributed by atoms with E-state index >= 15 is 0 Å². The summed E-state index contributed by atoms with van der Waals surface area (Å²) < 4.78 is 16.0. The van der Waals surface area contributed by atoms with E-state index in [-0.39, 0.29) is 40.7 Å². The number of carbonyl (C=O) groups excluding carboxylic acids is 1. The Morgan fingerprint density at radius 3 is 2.39 bits per heavy atom. The second-order valence-corrected chi connectivity index (χ2v) is 10.2. The monoisotopic (exact) mass is 509 g/mol. The maximum Gasteiger partial charge on any atom is 0.278 e. The number of hydrogen-bond acceptors (Lipinski definition) is 3. The molecule has 4 aromatic rings. The van der Waals surface area contributed by atoms with E-state index in [4.69, 9.17) is 0 Å². The minimum absolute atomic E-state index is 0.0120. The topological polar surface area (TPSA) is 55.2 Å². The lowest BCUT2D eigenvalue weighted by atomic mass is 9.77. The number of halogens is 1. The number of hydrogen-bond donors (Lipinski definition) is 0. The number of aryl methyl sites for hydroxylation is 1. The smallest absolute Gasteiger partial charge is 0.278 e. The molecule has 5 nitrogen and oxygen atoms in total. The lowest BCUT2D eigenvalue weighted by molar-refractivity contribution is 0.0676. The molecule has 0 radical (unpaired) electrons. The fourth-order valence-electron chi connectivity index (χ4n) is 5.77.